The molecule has 8 aromatic carbocycles. The highest BCUT2D eigenvalue weighted by Crippen LogP contribution is 2.59. The van der Waals surface area contributed by atoms with Gasteiger partial charge in [-0.05, 0) is 69.8 Å². The lowest BCUT2D eigenvalue weighted by molar-refractivity contribution is 0.669. The number of thiophene rings is 1. The fourth-order valence-corrected chi connectivity index (χ4v) is 10.3. The summed E-state index contributed by atoms with van der Waals surface area (Å²) >= 11 is 1.91. The summed E-state index contributed by atoms with van der Waals surface area (Å²) in [6.45, 7) is 0. The Labute approximate surface area is 305 Å². The standard InChI is InChI=1S/C49H31NOS/c1-3-16-32(17-4-1)49(39-25-10-7-20-34(39)35-21-8-11-26-40(35)49)41-27-13-23-36-37-24-14-29-43(48(37)52-47(36)41)50(33-18-5-2-6-19-33)42-28-15-31-45-46(42)38-22-9-12-30-44(38)51-45/h1-31H. The molecule has 0 fully saturated rings. The molecule has 0 amide bonds. The van der Waals surface area contributed by atoms with E-state index in [9.17, 15) is 0 Å². The largest absolute Gasteiger partial charge is 0.456 e. The molecule has 1 aliphatic carbocycles. The van der Waals surface area contributed by atoms with Crippen molar-refractivity contribution in [3.05, 3.63) is 210 Å². The molecule has 0 aliphatic heterocycles. The van der Waals surface area contributed by atoms with Gasteiger partial charge in [-0.25, -0.2) is 0 Å². The maximum absolute atomic E-state index is 6.41. The van der Waals surface area contributed by atoms with Crippen LogP contribution in [0.3, 0.4) is 0 Å². The normalized spacial score (nSPS) is 13.2. The minimum atomic E-state index is -0.477. The predicted molar refractivity (Wildman–Crippen MR) is 219 cm³/mol. The number of benzene rings is 8. The van der Waals surface area contributed by atoms with Crippen molar-refractivity contribution in [2.75, 3.05) is 4.90 Å². The lowest BCUT2D eigenvalue weighted by Gasteiger charge is -2.34. The molecule has 2 nitrogen and oxygen atoms in total. The van der Waals surface area contributed by atoms with Crippen molar-refractivity contribution in [1.29, 1.82) is 0 Å². The van der Waals surface area contributed by atoms with E-state index in [1.807, 2.05) is 17.4 Å². The number of fused-ring (bicyclic) bond motifs is 9. The second-order valence-electron chi connectivity index (χ2n) is 13.6. The van der Waals surface area contributed by atoms with Gasteiger partial charge < -0.3 is 9.32 Å². The zero-order chi connectivity index (χ0) is 34.2. The van der Waals surface area contributed by atoms with Crippen LogP contribution in [0.1, 0.15) is 22.3 Å². The molecule has 0 N–H and O–H groups in total. The summed E-state index contributed by atoms with van der Waals surface area (Å²) in [5.41, 5.74) is 12.5. The Morgan fingerprint density at radius 3 is 1.71 bits per heavy atom. The van der Waals surface area contributed by atoms with Crippen LogP contribution in [0.15, 0.2) is 192 Å². The third-order valence-corrected chi connectivity index (χ3v) is 12.2. The summed E-state index contributed by atoms with van der Waals surface area (Å²) in [6.07, 6.45) is 0. The number of hydrogen-bond donors (Lipinski definition) is 0. The van der Waals surface area contributed by atoms with Crippen LogP contribution in [0.2, 0.25) is 0 Å². The number of hydrogen-bond acceptors (Lipinski definition) is 3. The average Bonchev–Trinajstić information content (AvgIpc) is 3.88. The highest BCUT2D eigenvalue weighted by molar-refractivity contribution is 7.26. The Balaban J connectivity index is 1.24. The third kappa shape index (κ3) is 4.00. The maximum Gasteiger partial charge on any atom is 0.137 e. The van der Waals surface area contributed by atoms with Gasteiger partial charge in [-0.2, -0.15) is 0 Å². The fraction of sp³-hybridized carbons (Fsp3) is 0.0204. The van der Waals surface area contributed by atoms with Crippen LogP contribution in [0.4, 0.5) is 17.1 Å². The lowest BCUT2D eigenvalue weighted by atomic mass is 9.67. The van der Waals surface area contributed by atoms with E-state index in [2.05, 4.69) is 187 Å². The van der Waals surface area contributed by atoms with Crippen LogP contribution in [0, 0.1) is 0 Å². The molecule has 1 aliphatic rings. The van der Waals surface area contributed by atoms with Gasteiger partial charge >= 0.3 is 0 Å². The van der Waals surface area contributed by atoms with E-state index in [0.29, 0.717) is 0 Å². The highest BCUT2D eigenvalue weighted by atomic mass is 32.1. The van der Waals surface area contributed by atoms with Crippen LogP contribution >= 0.6 is 11.3 Å². The van der Waals surface area contributed by atoms with E-state index in [1.165, 1.54) is 53.6 Å². The molecule has 52 heavy (non-hydrogen) atoms. The van der Waals surface area contributed by atoms with Crippen LogP contribution in [0.5, 0.6) is 0 Å². The summed E-state index contributed by atoms with van der Waals surface area (Å²) in [5, 5.41) is 4.76. The van der Waals surface area contributed by atoms with E-state index in [4.69, 9.17) is 4.42 Å². The molecule has 0 spiro atoms. The van der Waals surface area contributed by atoms with E-state index in [-0.39, 0.29) is 0 Å². The molecule has 0 saturated heterocycles. The maximum atomic E-state index is 6.41. The predicted octanol–water partition coefficient (Wildman–Crippen LogP) is 13.8. The van der Waals surface area contributed by atoms with Gasteiger partial charge in [0.2, 0.25) is 0 Å². The van der Waals surface area contributed by atoms with Crippen molar-refractivity contribution in [3.8, 4) is 11.1 Å². The molecule has 0 bridgehead atoms. The van der Waals surface area contributed by atoms with Crippen molar-refractivity contribution >= 4 is 70.5 Å². The van der Waals surface area contributed by atoms with Crippen LogP contribution < -0.4 is 4.90 Å². The summed E-state index contributed by atoms with van der Waals surface area (Å²) in [6, 6.07) is 68.4. The van der Waals surface area contributed by atoms with Crippen molar-refractivity contribution in [2.24, 2.45) is 0 Å². The minimum Gasteiger partial charge on any atom is -0.456 e. The molecule has 0 atom stereocenters. The smallest absolute Gasteiger partial charge is 0.137 e. The first-order valence-corrected chi connectivity index (χ1v) is 18.6. The molecular weight excluding hydrogens is 651 g/mol. The zero-order valence-corrected chi connectivity index (χ0v) is 29.0. The van der Waals surface area contributed by atoms with Crippen molar-refractivity contribution in [2.45, 2.75) is 5.41 Å². The topological polar surface area (TPSA) is 16.4 Å². The minimum absolute atomic E-state index is 0.477. The number of furan rings is 1. The Morgan fingerprint density at radius 2 is 0.942 bits per heavy atom. The molecule has 0 radical (unpaired) electrons. The third-order valence-electron chi connectivity index (χ3n) is 10.9. The van der Waals surface area contributed by atoms with Gasteiger partial charge in [-0.15, -0.1) is 11.3 Å². The summed E-state index contributed by atoms with van der Waals surface area (Å²) in [4.78, 5) is 2.43. The van der Waals surface area contributed by atoms with E-state index < -0.39 is 5.41 Å². The first-order valence-electron chi connectivity index (χ1n) is 17.8. The lowest BCUT2D eigenvalue weighted by Crippen LogP contribution is -2.28. The molecule has 2 heterocycles. The molecule has 11 rings (SSSR count). The van der Waals surface area contributed by atoms with Crippen molar-refractivity contribution < 1.29 is 4.42 Å². The van der Waals surface area contributed by atoms with E-state index >= 15 is 0 Å². The molecule has 0 saturated carbocycles. The van der Waals surface area contributed by atoms with Crippen LogP contribution in [-0.4, -0.2) is 0 Å². The summed E-state index contributed by atoms with van der Waals surface area (Å²) < 4.78 is 8.97. The van der Waals surface area contributed by atoms with Gasteiger partial charge in [0.25, 0.3) is 0 Å². The Kier molecular flexibility index (Phi) is 6.37. The Hall–Kier alpha value is -6.42. The van der Waals surface area contributed by atoms with Gasteiger partial charge in [0, 0.05) is 26.5 Å². The van der Waals surface area contributed by atoms with E-state index in [0.717, 1.165) is 39.0 Å². The van der Waals surface area contributed by atoms with E-state index in [1.54, 1.807) is 0 Å². The average molecular weight is 682 g/mol. The molecular formula is C49H31NOS. The fourth-order valence-electron chi connectivity index (χ4n) is 8.88. The summed E-state index contributed by atoms with van der Waals surface area (Å²) in [5.74, 6) is 0. The molecule has 2 aromatic heterocycles. The monoisotopic (exact) mass is 681 g/mol. The molecule has 10 aromatic rings. The van der Waals surface area contributed by atoms with Gasteiger partial charge in [-0.3, -0.25) is 0 Å². The molecule has 0 unspecified atom stereocenters. The first kappa shape index (κ1) is 29.3. The van der Waals surface area contributed by atoms with Crippen LogP contribution in [0.25, 0.3) is 53.2 Å². The number of nitrogens with zero attached hydrogens (tertiary/aromatic N) is 1. The van der Waals surface area contributed by atoms with Gasteiger partial charge in [0.05, 0.1) is 26.9 Å². The second kappa shape index (κ2) is 11.3. The number of anilines is 3. The van der Waals surface area contributed by atoms with Gasteiger partial charge in [0.15, 0.2) is 0 Å². The molecule has 244 valence electrons. The van der Waals surface area contributed by atoms with Gasteiger partial charge in [0.1, 0.15) is 11.2 Å². The van der Waals surface area contributed by atoms with Crippen molar-refractivity contribution in [3.63, 3.8) is 0 Å². The molecule has 3 heteroatoms. The Morgan fingerprint density at radius 1 is 0.404 bits per heavy atom. The van der Waals surface area contributed by atoms with Crippen molar-refractivity contribution in [1.82, 2.24) is 0 Å². The second-order valence-corrected chi connectivity index (χ2v) is 14.6. The highest BCUT2D eigenvalue weighted by Gasteiger charge is 2.47. The Bertz CT molecular complexity index is 2930. The first-order chi connectivity index (χ1) is 25.8. The van der Waals surface area contributed by atoms with Crippen LogP contribution in [-0.2, 0) is 5.41 Å². The number of rotatable bonds is 5. The zero-order valence-electron chi connectivity index (χ0n) is 28.2. The number of para-hydroxylation sites is 2. The van der Waals surface area contributed by atoms with Gasteiger partial charge in [-0.1, -0.05) is 152 Å². The SMILES string of the molecule is c1ccc(N(c2cccc3c2sc2c(C4(c5ccccc5)c5ccccc5-c5ccccc54)cccc23)c2cccc3oc4ccccc4c23)cc1. The quantitative estimate of drug-likeness (QED) is 0.180. The summed E-state index contributed by atoms with van der Waals surface area (Å²) in [7, 11) is 0.